The van der Waals surface area contributed by atoms with Crippen LogP contribution in [-0.4, -0.2) is 31.2 Å². The van der Waals surface area contributed by atoms with E-state index >= 15 is 0 Å². The van der Waals surface area contributed by atoms with E-state index in [1.165, 1.54) is 0 Å². The van der Waals surface area contributed by atoms with Gasteiger partial charge in [-0.25, -0.2) is 0 Å². The van der Waals surface area contributed by atoms with Gasteiger partial charge in [0, 0.05) is 0 Å². The maximum Gasteiger partial charge on any atom is 0.323 e. The van der Waals surface area contributed by atoms with Crippen LogP contribution in [0.4, 0.5) is 0 Å². The zero-order valence-corrected chi connectivity index (χ0v) is 12.5. The Morgan fingerprint density at radius 3 is 1.89 bits per heavy atom. The molecule has 0 saturated heterocycles. The number of hydrogen-bond acceptors (Lipinski definition) is 5. The molecule has 0 aliphatic carbocycles. The Morgan fingerprint density at radius 2 is 1.42 bits per heavy atom. The van der Waals surface area contributed by atoms with Crippen LogP contribution in [0.1, 0.15) is 47.0 Å². The molecule has 5 heteroatoms. The fourth-order valence-corrected chi connectivity index (χ4v) is 1.23. The number of esters is 2. The van der Waals surface area contributed by atoms with Crippen molar-refractivity contribution >= 4 is 11.9 Å². The summed E-state index contributed by atoms with van der Waals surface area (Å²) in [5.41, 5.74) is 5.59. The van der Waals surface area contributed by atoms with Crippen molar-refractivity contribution in [3.8, 4) is 0 Å². The van der Waals surface area contributed by atoms with Crippen molar-refractivity contribution in [2.75, 3.05) is 13.2 Å². The molecule has 0 aliphatic rings. The SMILES string of the molecule is CC(C)CCOC(=O)CC(N)C(=O)OCCC(C)C. The molecule has 0 fully saturated rings. The van der Waals surface area contributed by atoms with Crippen molar-refractivity contribution in [2.24, 2.45) is 17.6 Å². The van der Waals surface area contributed by atoms with Gasteiger partial charge in [0.05, 0.1) is 19.6 Å². The van der Waals surface area contributed by atoms with Crippen molar-refractivity contribution < 1.29 is 19.1 Å². The molecule has 0 spiro atoms. The molecule has 0 aromatic rings. The molecule has 1 atom stereocenters. The Hall–Kier alpha value is -1.10. The first-order chi connectivity index (χ1) is 8.82. The summed E-state index contributed by atoms with van der Waals surface area (Å²) in [5, 5.41) is 0. The van der Waals surface area contributed by atoms with Gasteiger partial charge in [-0.1, -0.05) is 27.7 Å². The standard InChI is InChI=1S/C14H27NO4/c1-10(2)5-7-18-13(16)9-12(15)14(17)19-8-6-11(3)4/h10-12H,5-9,15H2,1-4H3. The van der Waals surface area contributed by atoms with Gasteiger partial charge in [0.15, 0.2) is 0 Å². The second-order valence-corrected chi connectivity index (χ2v) is 5.56. The number of rotatable bonds is 9. The number of hydrogen-bond donors (Lipinski definition) is 1. The average molecular weight is 273 g/mol. The number of ether oxygens (including phenoxy) is 2. The zero-order valence-electron chi connectivity index (χ0n) is 12.5. The Labute approximate surface area is 115 Å². The van der Waals surface area contributed by atoms with Crippen LogP contribution in [0.2, 0.25) is 0 Å². The fraction of sp³-hybridized carbons (Fsp3) is 0.857. The highest BCUT2D eigenvalue weighted by Crippen LogP contribution is 2.03. The van der Waals surface area contributed by atoms with Crippen molar-refractivity contribution in [1.29, 1.82) is 0 Å². The van der Waals surface area contributed by atoms with Crippen LogP contribution in [0.25, 0.3) is 0 Å². The van der Waals surface area contributed by atoms with Crippen molar-refractivity contribution in [2.45, 2.75) is 53.0 Å². The van der Waals surface area contributed by atoms with Crippen molar-refractivity contribution in [3.63, 3.8) is 0 Å². The molecule has 5 nitrogen and oxygen atoms in total. The second-order valence-electron chi connectivity index (χ2n) is 5.56. The first kappa shape index (κ1) is 17.9. The van der Waals surface area contributed by atoms with Gasteiger partial charge in [-0.15, -0.1) is 0 Å². The first-order valence-electron chi connectivity index (χ1n) is 6.90. The fourth-order valence-electron chi connectivity index (χ4n) is 1.23. The minimum atomic E-state index is -0.932. The summed E-state index contributed by atoms with van der Waals surface area (Å²) in [6.45, 7) is 8.88. The monoisotopic (exact) mass is 273 g/mol. The first-order valence-corrected chi connectivity index (χ1v) is 6.90. The lowest BCUT2D eigenvalue weighted by Gasteiger charge is -2.12. The van der Waals surface area contributed by atoms with E-state index < -0.39 is 18.0 Å². The molecule has 0 saturated carbocycles. The number of carbonyl (C=O) groups is 2. The van der Waals surface area contributed by atoms with E-state index in [-0.39, 0.29) is 6.42 Å². The maximum absolute atomic E-state index is 11.5. The molecule has 1 unspecified atom stereocenters. The summed E-state index contributed by atoms with van der Waals surface area (Å²) in [6, 6.07) is -0.932. The van der Waals surface area contributed by atoms with Crippen LogP contribution in [0.15, 0.2) is 0 Å². The van der Waals surface area contributed by atoms with Gasteiger partial charge in [0.25, 0.3) is 0 Å². The van der Waals surface area contributed by atoms with Crippen LogP contribution in [0.5, 0.6) is 0 Å². The Bertz CT molecular complexity index is 277. The van der Waals surface area contributed by atoms with E-state index in [4.69, 9.17) is 15.2 Å². The van der Waals surface area contributed by atoms with E-state index in [1.54, 1.807) is 0 Å². The molecule has 0 aromatic carbocycles. The lowest BCUT2D eigenvalue weighted by molar-refractivity contribution is -0.152. The van der Waals surface area contributed by atoms with Gasteiger partial charge in [0.1, 0.15) is 6.04 Å². The summed E-state index contributed by atoms with van der Waals surface area (Å²) in [4.78, 5) is 22.9. The lowest BCUT2D eigenvalue weighted by Crippen LogP contribution is -2.35. The molecule has 0 aliphatic heterocycles. The van der Waals surface area contributed by atoms with E-state index in [9.17, 15) is 9.59 Å². The molecular formula is C14H27NO4. The molecule has 0 rings (SSSR count). The normalized spacial score (nSPS) is 12.6. The maximum atomic E-state index is 11.5. The van der Waals surface area contributed by atoms with Gasteiger partial charge in [-0.2, -0.15) is 0 Å². The average Bonchev–Trinajstić information content (AvgIpc) is 2.27. The van der Waals surface area contributed by atoms with Gasteiger partial charge < -0.3 is 15.2 Å². The second kappa shape index (κ2) is 9.78. The molecular weight excluding hydrogens is 246 g/mol. The van der Waals surface area contributed by atoms with Gasteiger partial charge in [-0.05, 0) is 24.7 Å². The molecule has 19 heavy (non-hydrogen) atoms. The summed E-state index contributed by atoms with van der Waals surface area (Å²) < 4.78 is 9.98. The molecule has 0 aromatic heterocycles. The minimum Gasteiger partial charge on any atom is -0.466 e. The van der Waals surface area contributed by atoms with Crippen LogP contribution >= 0.6 is 0 Å². The zero-order chi connectivity index (χ0) is 14.8. The third-order valence-corrected chi connectivity index (χ3v) is 2.59. The molecule has 112 valence electrons. The quantitative estimate of drug-likeness (QED) is 0.649. The molecule has 0 bridgehead atoms. The smallest absolute Gasteiger partial charge is 0.323 e. The van der Waals surface area contributed by atoms with Crippen LogP contribution in [0.3, 0.4) is 0 Å². The van der Waals surface area contributed by atoms with Crippen LogP contribution in [-0.2, 0) is 19.1 Å². The summed E-state index contributed by atoms with van der Waals surface area (Å²) >= 11 is 0. The van der Waals surface area contributed by atoms with Crippen LogP contribution in [0, 0.1) is 11.8 Å². The van der Waals surface area contributed by atoms with Crippen molar-refractivity contribution in [1.82, 2.24) is 0 Å². The van der Waals surface area contributed by atoms with E-state index in [0.29, 0.717) is 25.0 Å². The minimum absolute atomic E-state index is 0.126. The third-order valence-electron chi connectivity index (χ3n) is 2.59. The highest BCUT2D eigenvalue weighted by atomic mass is 16.5. The van der Waals surface area contributed by atoms with Gasteiger partial charge in [0.2, 0.25) is 0 Å². The number of nitrogens with two attached hydrogens (primary N) is 1. The topological polar surface area (TPSA) is 78.6 Å². The largest absolute Gasteiger partial charge is 0.466 e. The highest BCUT2D eigenvalue weighted by molar-refractivity contribution is 5.82. The predicted molar refractivity (Wildman–Crippen MR) is 73.4 cm³/mol. The van der Waals surface area contributed by atoms with E-state index in [1.807, 2.05) is 27.7 Å². The Balaban J connectivity index is 3.78. The summed E-state index contributed by atoms with van der Waals surface area (Å²) in [6.07, 6.45) is 1.47. The van der Waals surface area contributed by atoms with Gasteiger partial charge >= 0.3 is 11.9 Å². The lowest BCUT2D eigenvalue weighted by atomic mass is 10.1. The van der Waals surface area contributed by atoms with Gasteiger partial charge in [-0.3, -0.25) is 9.59 Å². The van der Waals surface area contributed by atoms with E-state index in [0.717, 1.165) is 12.8 Å². The highest BCUT2D eigenvalue weighted by Gasteiger charge is 2.19. The Kier molecular flexibility index (Phi) is 9.21. The van der Waals surface area contributed by atoms with Crippen LogP contribution < -0.4 is 5.73 Å². The van der Waals surface area contributed by atoms with E-state index in [2.05, 4.69) is 0 Å². The third kappa shape index (κ3) is 10.5. The predicted octanol–water partition coefficient (Wildman–Crippen LogP) is 1.88. The Morgan fingerprint density at radius 1 is 0.947 bits per heavy atom. The molecule has 0 radical (unpaired) electrons. The molecule has 2 N–H and O–H groups in total. The molecule has 0 amide bonds. The molecule has 0 heterocycles. The number of carbonyl (C=O) groups excluding carboxylic acids is 2. The summed E-state index contributed by atoms with van der Waals surface area (Å²) in [7, 11) is 0. The van der Waals surface area contributed by atoms with Crippen molar-refractivity contribution in [3.05, 3.63) is 0 Å². The summed E-state index contributed by atoms with van der Waals surface area (Å²) in [5.74, 6) is -0.0529.